The van der Waals surface area contributed by atoms with E-state index in [-0.39, 0.29) is 0 Å². The highest BCUT2D eigenvalue weighted by atomic mass is 32.2. The van der Waals surface area contributed by atoms with Crippen LogP contribution in [0.2, 0.25) is 0 Å². The summed E-state index contributed by atoms with van der Waals surface area (Å²) in [5.41, 5.74) is 3.29. The monoisotopic (exact) mass is 383 g/mol. The molecule has 0 radical (unpaired) electrons. The van der Waals surface area contributed by atoms with Crippen LogP contribution >= 0.6 is 23.1 Å². The zero-order chi connectivity index (χ0) is 17.9. The van der Waals surface area contributed by atoms with Gasteiger partial charge in [0.05, 0.1) is 10.2 Å². The van der Waals surface area contributed by atoms with E-state index >= 15 is 0 Å². The fraction of sp³-hybridized carbons (Fsp3) is 0.211. The Kier molecular flexibility index (Phi) is 4.90. The summed E-state index contributed by atoms with van der Waals surface area (Å²) in [5, 5.41) is 14.1. The average Bonchev–Trinajstić information content (AvgIpc) is 3.29. The molecule has 1 unspecified atom stereocenters. The van der Waals surface area contributed by atoms with Crippen molar-refractivity contribution in [2.45, 2.75) is 12.5 Å². The van der Waals surface area contributed by atoms with Crippen molar-refractivity contribution in [1.82, 2.24) is 4.98 Å². The first-order valence-electron chi connectivity index (χ1n) is 8.31. The van der Waals surface area contributed by atoms with Gasteiger partial charge >= 0.3 is 5.97 Å². The molecule has 1 aromatic heterocycles. The third-order valence-corrected chi connectivity index (χ3v) is 6.30. The molecule has 4 rings (SSSR count). The fourth-order valence-corrected chi connectivity index (χ4v) is 4.84. The van der Waals surface area contributed by atoms with E-state index in [0.717, 1.165) is 38.9 Å². The fourth-order valence-electron chi connectivity index (χ4n) is 2.74. The van der Waals surface area contributed by atoms with Gasteiger partial charge in [0.15, 0.2) is 6.04 Å². The number of thiazole rings is 1. The van der Waals surface area contributed by atoms with Crippen LogP contribution in [0.4, 0.5) is 5.69 Å². The third kappa shape index (κ3) is 3.73. The molecule has 0 bridgehead atoms. The lowest BCUT2D eigenvalue weighted by molar-refractivity contribution is -0.137. The molecule has 3 aromatic rings. The molecule has 0 spiro atoms. The second-order valence-corrected chi connectivity index (χ2v) is 8.00. The molecule has 1 aliphatic rings. The molecule has 2 aromatic carbocycles. The maximum absolute atomic E-state index is 11.1. The number of aliphatic imine (C=N–C) groups is 1. The van der Waals surface area contributed by atoms with E-state index in [1.165, 1.54) is 17.3 Å². The molecule has 2 heterocycles. The van der Waals surface area contributed by atoms with E-state index < -0.39 is 12.0 Å². The smallest absolute Gasteiger partial charge is 0.329 e. The van der Waals surface area contributed by atoms with Crippen LogP contribution < -0.4 is 5.32 Å². The normalized spacial score (nSPS) is 16.6. The van der Waals surface area contributed by atoms with E-state index in [4.69, 9.17) is 5.11 Å². The van der Waals surface area contributed by atoms with Crippen LogP contribution in [0.5, 0.6) is 0 Å². The molecule has 1 aliphatic heterocycles. The molecular weight excluding hydrogens is 366 g/mol. The van der Waals surface area contributed by atoms with Gasteiger partial charge < -0.3 is 10.4 Å². The Balaban J connectivity index is 1.46. The number of nitrogens with zero attached hydrogens (tertiary/aromatic N) is 2. The second kappa shape index (κ2) is 7.47. The van der Waals surface area contributed by atoms with Crippen molar-refractivity contribution in [3.05, 3.63) is 59.1 Å². The summed E-state index contributed by atoms with van der Waals surface area (Å²) in [7, 11) is 0. The van der Waals surface area contributed by atoms with Crippen LogP contribution in [0, 0.1) is 0 Å². The van der Waals surface area contributed by atoms with Gasteiger partial charge in [-0.3, -0.25) is 4.99 Å². The molecule has 0 saturated carbocycles. The largest absolute Gasteiger partial charge is 0.480 e. The van der Waals surface area contributed by atoms with Gasteiger partial charge in [-0.15, -0.1) is 23.1 Å². The van der Waals surface area contributed by atoms with Crippen LogP contribution in [0.15, 0.2) is 53.5 Å². The van der Waals surface area contributed by atoms with Crippen molar-refractivity contribution in [1.29, 1.82) is 0 Å². The first kappa shape index (κ1) is 17.1. The van der Waals surface area contributed by atoms with Crippen LogP contribution in [-0.4, -0.2) is 39.4 Å². The molecule has 132 valence electrons. The Hall–Kier alpha value is -2.38. The number of fused-ring (bicyclic) bond motifs is 1. The minimum atomic E-state index is -0.876. The lowest BCUT2D eigenvalue weighted by Gasteiger charge is -2.06. The Morgan fingerprint density at radius 3 is 2.85 bits per heavy atom. The number of hydrogen-bond acceptors (Lipinski definition) is 6. The minimum Gasteiger partial charge on any atom is -0.480 e. The Morgan fingerprint density at radius 1 is 1.23 bits per heavy atom. The minimum absolute atomic E-state index is 0.479. The lowest BCUT2D eigenvalue weighted by Crippen LogP contribution is -2.17. The molecule has 1 atom stereocenters. The topological polar surface area (TPSA) is 74.6 Å². The maximum Gasteiger partial charge on any atom is 0.329 e. The van der Waals surface area contributed by atoms with Gasteiger partial charge in [-0.05, 0) is 30.2 Å². The van der Waals surface area contributed by atoms with E-state index in [1.807, 2.05) is 18.2 Å². The number of hydrogen-bond donors (Lipinski definition) is 2. The van der Waals surface area contributed by atoms with Crippen LogP contribution in [0.3, 0.4) is 0 Å². The van der Waals surface area contributed by atoms with Gasteiger partial charge in [-0.25, -0.2) is 9.78 Å². The lowest BCUT2D eigenvalue weighted by atomic mass is 10.1. The average molecular weight is 383 g/mol. The number of aromatic nitrogens is 1. The highest BCUT2D eigenvalue weighted by Gasteiger charge is 2.26. The molecule has 0 amide bonds. The van der Waals surface area contributed by atoms with E-state index in [9.17, 15) is 4.79 Å². The van der Waals surface area contributed by atoms with Crippen molar-refractivity contribution < 1.29 is 9.90 Å². The number of thioether (sulfide) groups is 1. The third-order valence-electron chi connectivity index (χ3n) is 4.09. The summed E-state index contributed by atoms with van der Waals surface area (Å²) in [5.74, 6) is -0.397. The zero-order valence-electron chi connectivity index (χ0n) is 13.9. The first-order chi connectivity index (χ1) is 12.7. The molecule has 0 aliphatic carbocycles. The second-order valence-electron chi connectivity index (χ2n) is 5.96. The summed E-state index contributed by atoms with van der Waals surface area (Å²) in [6.07, 6.45) is 0.969. The molecular formula is C19H17N3O2S2. The summed E-state index contributed by atoms with van der Waals surface area (Å²) in [6.45, 7) is 0.865. The zero-order valence-corrected chi connectivity index (χ0v) is 15.5. The van der Waals surface area contributed by atoms with Crippen molar-refractivity contribution in [2.75, 3.05) is 17.6 Å². The van der Waals surface area contributed by atoms with E-state index in [1.54, 1.807) is 11.3 Å². The summed E-state index contributed by atoms with van der Waals surface area (Å²) >= 11 is 3.02. The van der Waals surface area contributed by atoms with Gasteiger partial charge in [0.2, 0.25) is 0 Å². The molecule has 0 saturated heterocycles. The molecule has 7 heteroatoms. The predicted molar refractivity (Wildman–Crippen MR) is 109 cm³/mol. The molecule has 2 N–H and O–H groups in total. The number of rotatable bonds is 6. The number of aliphatic carboxylic acids is 1. The Morgan fingerprint density at radius 2 is 2.08 bits per heavy atom. The maximum atomic E-state index is 11.1. The number of carboxylic acid groups (broad SMARTS) is 1. The SMILES string of the molecule is O=C(O)C1CSC(c2nc3ccc(NCCc4ccccc4)cc3s2)=N1. The van der Waals surface area contributed by atoms with Crippen molar-refractivity contribution in [3.63, 3.8) is 0 Å². The van der Waals surface area contributed by atoms with Gasteiger partial charge in [0.1, 0.15) is 10.1 Å². The van der Waals surface area contributed by atoms with Gasteiger partial charge in [0, 0.05) is 18.0 Å². The van der Waals surface area contributed by atoms with Crippen molar-refractivity contribution >= 4 is 50.0 Å². The van der Waals surface area contributed by atoms with Crippen LogP contribution in [0.25, 0.3) is 10.2 Å². The number of benzene rings is 2. The van der Waals surface area contributed by atoms with Gasteiger partial charge in [-0.2, -0.15) is 0 Å². The quantitative estimate of drug-likeness (QED) is 0.675. The van der Waals surface area contributed by atoms with Gasteiger partial charge in [0.25, 0.3) is 0 Å². The van der Waals surface area contributed by atoms with E-state index in [2.05, 4.69) is 45.6 Å². The molecule has 0 fully saturated rings. The number of anilines is 1. The molecule has 5 nitrogen and oxygen atoms in total. The van der Waals surface area contributed by atoms with Crippen LogP contribution in [0.1, 0.15) is 10.6 Å². The number of carboxylic acids is 1. The molecule has 26 heavy (non-hydrogen) atoms. The van der Waals surface area contributed by atoms with Crippen molar-refractivity contribution in [2.24, 2.45) is 4.99 Å². The first-order valence-corrected chi connectivity index (χ1v) is 10.1. The van der Waals surface area contributed by atoms with E-state index in [0.29, 0.717) is 5.75 Å². The Labute approximate surface area is 159 Å². The van der Waals surface area contributed by atoms with Gasteiger partial charge in [-0.1, -0.05) is 30.3 Å². The highest BCUT2D eigenvalue weighted by Crippen LogP contribution is 2.31. The predicted octanol–water partition coefficient (Wildman–Crippen LogP) is 3.90. The van der Waals surface area contributed by atoms with Crippen LogP contribution in [-0.2, 0) is 11.2 Å². The summed E-state index contributed by atoms with van der Waals surface area (Å²) in [6, 6.07) is 15.9. The van der Waals surface area contributed by atoms with Crippen molar-refractivity contribution in [3.8, 4) is 0 Å². The highest BCUT2D eigenvalue weighted by molar-refractivity contribution is 8.15. The number of carbonyl (C=O) groups is 1. The Bertz CT molecular complexity index is 969. The standard InChI is InChI=1S/C19H17N3O2S2/c23-19(24)15-11-25-17(22-15)18-21-14-7-6-13(10-16(14)26-18)20-9-8-12-4-2-1-3-5-12/h1-7,10,15,20H,8-9,11H2,(H,23,24). The summed E-state index contributed by atoms with van der Waals surface area (Å²) in [4.78, 5) is 19.9. The summed E-state index contributed by atoms with van der Waals surface area (Å²) < 4.78 is 1.08. The number of nitrogens with one attached hydrogen (secondary N) is 1.